The maximum atomic E-state index is 12.0. The fourth-order valence-electron chi connectivity index (χ4n) is 2.33. The Labute approximate surface area is 128 Å². The minimum Gasteiger partial charge on any atom is -0.351 e. The summed E-state index contributed by atoms with van der Waals surface area (Å²) in [7, 11) is 0. The van der Waals surface area contributed by atoms with Gasteiger partial charge in [0, 0.05) is 43.0 Å². The fourth-order valence-corrected chi connectivity index (χ4v) is 2.97. The van der Waals surface area contributed by atoms with E-state index in [1.54, 1.807) is 11.4 Å². The summed E-state index contributed by atoms with van der Waals surface area (Å²) in [6.45, 7) is 1.69. The summed E-state index contributed by atoms with van der Waals surface area (Å²) in [5.41, 5.74) is 6.29. The monoisotopic (exact) mass is 317 g/mol. The molecule has 5 nitrogen and oxygen atoms in total. The maximum Gasteiger partial charge on any atom is 0.252 e. The number of rotatable bonds is 5. The lowest BCUT2D eigenvalue weighted by atomic mass is 10.2. The van der Waals surface area contributed by atoms with Crippen molar-refractivity contribution in [2.24, 2.45) is 5.73 Å². The van der Waals surface area contributed by atoms with Crippen LogP contribution in [0.5, 0.6) is 0 Å². The van der Waals surface area contributed by atoms with Crippen molar-refractivity contribution in [2.45, 2.75) is 25.3 Å². The summed E-state index contributed by atoms with van der Waals surface area (Å²) in [4.78, 5) is 25.5. The average molecular weight is 318 g/mol. The number of nitrogens with two attached hydrogens (primary N) is 1. The van der Waals surface area contributed by atoms with E-state index in [0.29, 0.717) is 25.1 Å². The van der Waals surface area contributed by atoms with E-state index >= 15 is 0 Å². The highest BCUT2D eigenvalue weighted by Gasteiger charge is 2.26. The molecule has 7 heteroatoms. The lowest BCUT2D eigenvalue weighted by Crippen LogP contribution is -2.41. The van der Waals surface area contributed by atoms with E-state index in [4.69, 9.17) is 5.73 Å². The summed E-state index contributed by atoms with van der Waals surface area (Å²) in [5.74, 6) is -0.0376. The smallest absolute Gasteiger partial charge is 0.252 e. The van der Waals surface area contributed by atoms with Crippen LogP contribution in [0.25, 0.3) is 0 Å². The van der Waals surface area contributed by atoms with Gasteiger partial charge in [0.15, 0.2) is 0 Å². The van der Waals surface area contributed by atoms with Crippen LogP contribution in [0, 0.1) is 0 Å². The van der Waals surface area contributed by atoms with Gasteiger partial charge in [-0.05, 0) is 24.3 Å². The van der Waals surface area contributed by atoms with Crippen molar-refractivity contribution in [1.82, 2.24) is 10.2 Å². The molecule has 1 atom stereocenters. The summed E-state index contributed by atoms with van der Waals surface area (Å²) in [6, 6.07) is 1.95. The molecule has 1 aromatic rings. The number of hydrogen-bond donors (Lipinski definition) is 2. The second-order valence-corrected chi connectivity index (χ2v) is 5.42. The molecule has 0 aliphatic carbocycles. The highest BCUT2D eigenvalue weighted by atomic mass is 35.5. The van der Waals surface area contributed by atoms with Gasteiger partial charge in [0.1, 0.15) is 0 Å². The van der Waals surface area contributed by atoms with E-state index in [1.807, 2.05) is 10.3 Å². The van der Waals surface area contributed by atoms with Gasteiger partial charge in [-0.25, -0.2) is 0 Å². The molecule has 0 bridgehead atoms. The van der Waals surface area contributed by atoms with Gasteiger partial charge in [0.2, 0.25) is 5.91 Å². The summed E-state index contributed by atoms with van der Waals surface area (Å²) in [5, 5.41) is 6.41. The van der Waals surface area contributed by atoms with Crippen LogP contribution in [0.1, 0.15) is 29.6 Å². The molecular formula is C13H20ClN3O2S. The van der Waals surface area contributed by atoms with Crippen molar-refractivity contribution in [3.63, 3.8) is 0 Å². The van der Waals surface area contributed by atoms with Gasteiger partial charge in [-0.1, -0.05) is 0 Å². The van der Waals surface area contributed by atoms with E-state index in [-0.39, 0.29) is 30.3 Å². The minimum absolute atomic E-state index is 0. The third-order valence-corrected chi connectivity index (χ3v) is 4.06. The third kappa shape index (κ3) is 4.19. The Balaban J connectivity index is 0.00000200. The van der Waals surface area contributed by atoms with Crippen molar-refractivity contribution in [3.05, 3.63) is 22.4 Å². The number of nitrogens with one attached hydrogen (secondary N) is 1. The van der Waals surface area contributed by atoms with Crippen molar-refractivity contribution in [1.29, 1.82) is 0 Å². The van der Waals surface area contributed by atoms with Gasteiger partial charge < -0.3 is 16.0 Å². The predicted octanol–water partition coefficient (Wildman–Crippen LogP) is 1.24. The fraction of sp³-hybridized carbons (Fsp3) is 0.538. The van der Waals surface area contributed by atoms with Crippen LogP contribution in [0.3, 0.4) is 0 Å². The topological polar surface area (TPSA) is 75.4 Å². The predicted molar refractivity (Wildman–Crippen MR) is 82.3 cm³/mol. The van der Waals surface area contributed by atoms with Crippen molar-refractivity contribution in [2.75, 3.05) is 19.6 Å². The number of carbonyl (C=O) groups excluding carboxylic acids is 2. The molecule has 1 aliphatic rings. The number of halogens is 1. The molecule has 20 heavy (non-hydrogen) atoms. The van der Waals surface area contributed by atoms with Gasteiger partial charge in [-0.15, -0.1) is 12.4 Å². The second-order valence-electron chi connectivity index (χ2n) is 4.64. The Morgan fingerprint density at radius 1 is 1.50 bits per heavy atom. The quantitative estimate of drug-likeness (QED) is 0.858. The first kappa shape index (κ1) is 16.9. The molecule has 2 amide bonds. The molecule has 1 aliphatic heterocycles. The molecule has 1 saturated heterocycles. The molecule has 0 aromatic carbocycles. The van der Waals surface area contributed by atoms with E-state index in [0.717, 1.165) is 19.4 Å². The lowest BCUT2D eigenvalue weighted by molar-refractivity contribution is -0.131. The highest BCUT2D eigenvalue weighted by Crippen LogP contribution is 2.16. The summed E-state index contributed by atoms with van der Waals surface area (Å²) >= 11 is 1.48. The van der Waals surface area contributed by atoms with E-state index in [9.17, 15) is 9.59 Å². The number of thiophene rings is 1. The Morgan fingerprint density at radius 3 is 2.95 bits per heavy atom. The molecular weight excluding hydrogens is 298 g/mol. The molecule has 112 valence electrons. The zero-order valence-electron chi connectivity index (χ0n) is 11.2. The molecule has 1 aromatic heterocycles. The zero-order chi connectivity index (χ0) is 13.7. The third-order valence-electron chi connectivity index (χ3n) is 3.38. The second kappa shape index (κ2) is 8.24. The number of likely N-dealkylation sites (tertiary alicyclic amines) is 1. The normalized spacial score (nSPS) is 17.6. The standard InChI is InChI=1S/C13H19N3O2S.ClH/c14-8-11-2-1-6-16(11)12(17)3-5-15-13(18)10-4-7-19-9-10;/h4,7,9,11H,1-3,5-6,8,14H2,(H,15,18);1H. The van der Waals surface area contributed by atoms with Crippen LogP contribution in [0.2, 0.25) is 0 Å². The van der Waals surface area contributed by atoms with Gasteiger partial charge >= 0.3 is 0 Å². The lowest BCUT2D eigenvalue weighted by Gasteiger charge is -2.23. The van der Waals surface area contributed by atoms with Crippen LogP contribution in [0.4, 0.5) is 0 Å². The molecule has 2 rings (SSSR count). The summed E-state index contributed by atoms with van der Waals surface area (Å²) < 4.78 is 0. The molecule has 1 unspecified atom stereocenters. The molecule has 0 saturated carbocycles. The molecule has 0 radical (unpaired) electrons. The van der Waals surface area contributed by atoms with Crippen molar-refractivity contribution in [3.8, 4) is 0 Å². The van der Waals surface area contributed by atoms with Crippen LogP contribution < -0.4 is 11.1 Å². The first-order valence-corrected chi connectivity index (χ1v) is 7.46. The first-order chi connectivity index (χ1) is 9.22. The Hall–Kier alpha value is -1.11. The zero-order valence-corrected chi connectivity index (χ0v) is 12.8. The molecule has 0 spiro atoms. The SMILES string of the molecule is Cl.NCC1CCCN1C(=O)CCNC(=O)c1ccsc1. The van der Waals surface area contributed by atoms with Crippen molar-refractivity contribution >= 4 is 35.6 Å². The molecule has 1 fully saturated rings. The Morgan fingerprint density at radius 2 is 2.30 bits per heavy atom. The van der Waals surface area contributed by atoms with E-state index < -0.39 is 0 Å². The Kier molecular flexibility index (Phi) is 6.98. The highest BCUT2D eigenvalue weighted by molar-refractivity contribution is 7.08. The van der Waals surface area contributed by atoms with E-state index in [1.165, 1.54) is 11.3 Å². The van der Waals surface area contributed by atoms with Gasteiger partial charge in [-0.3, -0.25) is 9.59 Å². The molecule has 2 heterocycles. The van der Waals surface area contributed by atoms with Crippen LogP contribution in [-0.4, -0.2) is 42.4 Å². The number of amides is 2. The maximum absolute atomic E-state index is 12.0. The largest absolute Gasteiger partial charge is 0.351 e. The first-order valence-electron chi connectivity index (χ1n) is 6.52. The van der Waals surface area contributed by atoms with Crippen molar-refractivity contribution < 1.29 is 9.59 Å². The van der Waals surface area contributed by atoms with Crippen LogP contribution >= 0.6 is 23.7 Å². The van der Waals surface area contributed by atoms with E-state index in [2.05, 4.69) is 5.32 Å². The van der Waals surface area contributed by atoms with Crippen LogP contribution in [-0.2, 0) is 4.79 Å². The van der Waals surface area contributed by atoms with Gasteiger partial charge in [0.25, 0.3) is 5.91 Å². The van der Waals surface area contributed by atoms with Gasteiger partial charge in [0.05, 0.1) is 0 Å². The van der Waals surface area contributed by atoms with Gasteiger partial charge in [-0.2, -0.15) is 11.3 Å². The number of carbonyl (C=O) groups is 2. The number of nitrogens with zero attached hydrogens (tertiary/aromatic N) is 1. The Bertz CT molecular complexity index is 439. The van der Waals surface area contributed by atoms with Crippen LogP contribution in [0.15, 0.2) is 16.8 Å². The summed E-state index contributed by atoms with van der Waals surface area (Å²) in [6.07, 6.45) is 2.35. The average Bonchev–Trinajstić information content (AvgIpc) is 3.09. The molecule has 3 N–H and O–H groups in total. The number of hydrogen-bond acceptors (Lipinski definition) is 4. The minimum atomic E-state index is -0.120.